The Labute approximate surface area is 158 Å². The quantitative estimate of drug-likeness (QED) is 0.904. The Balaban J connectivity index is 1.46. The van der Waals surface area contributed by atoms with Crippen LogP contribution in [0, 0.1) is 0 Å². The van der Waals surface area contributed by atoms with Crippen LogP contribution in [0.4, 0.5) is 0 Å². The standard InChI is InChI=1S/C21H23N3O3/c1-27-19-5-3-2-4-18(19)21(26)24-16-6-7-17(24)13-15(12-16)23-20(25)14-8-10-22-11-9-14/h2-5,8-11,15-17H,6-7,12-13H2,1H3,(H,23,25). The van der Waals surface area contributed by atoms with E-state index in [0.29, 0.717) is 16.9 Å². The van der Waals surface area contributed by atoms with Gasteiger partial charge in [0, 0.05) is 36.1 Å². The second kappa shape index (κ2) is 7.39. The molecule has 2 unspecified atom stereocenters. The van der Waals surface area contributed by atoms with Crippen molar-refractivity contribution in [3.8, 4) is 5.75 Å². The van der Waals surface area contributed by atoms with Crippen molar-refractivity contribution in [3.05, 3.63) is 59.9 Å². The Morgan fingerprint density at radius 3 is 2.41 bits per heavy atom. The molecule has 0 aliphatic carbocycles. The molecule has 27 heavy (non-hydrogen) atoms. The van der Waals surface area contributed by atoms with Crippen molar-refractivity contribution in [2.24, 2.45) is 0 Å². The van der Waals surface area contributed by atoms with Crippen molar-refractivity contribution < 1.29 is 14.3 Å². The Morgan fingerprint density at radius 2 is 1.74 bits per heavy atom. The zero-order valence-electron chi connectivity index (χ0n) is 15.3. The molecule has 2 atom stereocenters. The number of para-hydroxylation sites is 1. The number of ether oxygens (including phenoxy) is 1. The third kappa shape index (κ3) is 3.39. The molecule has 1 aromatic heterocycles. The lowest BCUT2D eigenvalue weighted by molar-refractivity contribution is 0.0546. The first kappa shape index (κ1) is 17.5. The van der Waals surface area contributed by atoms with Gasteiger partial charge in [0.1, 0.15) is 5.75 Å². The summed E-state index contributed by atoms with van der Waals surface area (Å²) in [5.74, 6) is 0.556. The molecule has 2 fully saturated rings. The van der Waals surface area contributed by atoms with Crippen LogP contribution in [0.15, 0.2) is 48.8 Å². The molecule has 2 amide bonds. The first-order valence-corrected chi connectivity index (χ1v) is 9.34. The second-order valence-corrected chi connectivity index (χ2v) is 7.18. The van der Waals surface area contributed by atoms with Crippen molar-refractivity contribution in [1.29, 1.82) is 0 Å². The molecule has 2 aromatic rings. The van der Waals surface area contributed by atoms with E-state index in [1.807, 2.05) is 29.2 Å². The third-order valence-corrected chi connectivity index (χ3v) is 5.58. The summed E-state index contributed by atoms with van der Waals surface area (Å²) in [5, 5.41) is 3.13. The molecule has 140 valence electrons. The summed E-state index contributed by atoms with van der Waals surface area (Å²) in [7, 11) is 1.58. The van der Waals surface area contributed by atoms with Crippen LogP contribution in [0.25, 0.3) is 0 Å². The Kier molecular flexibility index (Phi) is 4.79. The summed E-state index contributed by atoms with van der Waals surface area (Å²) in [4.78, 5) is 31.5. The number of hydrogen-bond acceptors (Lipinski definition) is 4. The number of carbonyl (C=O) groups excluding carboxylic acids is 2. The molecule has 0 saturated carbocycles. The molecule has 3 heterocycles. The molecule has 0 radical (unpaired) electrons. The first-order chi connectivity index (χ1) is 13.2. The molecular formula is C21H23N3O3. The van der Waals surface area contributed by atoms with Crippen LogP contribution in [0.2, 0.25) is 0 Å². The fourth-order valence-corrected chi connectivity index (χ4v) is 4.36. The van der Waals surface area contributed by atoms with Gasteiger partial charge in [-0.1, -0.05) is 12.1 Å². The molecule has 4 rings (SSSR count). The molecule has 6 nitrogen and oxygen atoms in total. The smallest absolute Gasteiger partial charge is 0.258 e. The van der Waals surface area contributed by atoms with E-state index in [4.69, 9.17) is 4.74 Å². The number of amides is 2. The van der Waals surface area contributed by atoms with Gasteiger partial charge in [0.15, 0.2) is 0 Å². The van der Waals surface area contributed by atoms with Gasteiger partial charge >= 0.3 is 0 Å². The Bertz CT molecular complexity index is 826. The molecule has 6 heteroatoms. The fraction of sp³-hybridized carbons (Fsp3) is 0.381. The van der Waals surface area contributed by atoms with Crippen LogP contribution in [0.1, 0.15) is 46.4 Å². The molecule has 0 spiro atoms. The summed E-state index contributed by atoms with van der Waals surface area (Å²) in [6, 6.07) is 11.2. The van der Waals surface area contributed by atoms with E-state index in [1.165, 1.54) is 0 Å². The summed E-state index contributed by atoms with van der Waals surface area (Å²) in [6.07, 6.45) is 6.77. The second-order valence-electron chi connectivity index (χ2n) is 7.18. The van der Waals surface area contributed by atoms with Gasteiger partial charge in [0.05, 0.1) is 12.7 Å². The van der Waals surface area contributed by atoms with E-state index in [2.05, 4.69) is 10.3 Å². The van der Waals surface area contributed by atoms with Crippen molar-refractivity contribution in [2.45, 2.75) is 43.8 Å². The zero-order valence-corrected chi connectivity index (χ0v) is 15.3. The minimum Gasteiger partial charge on any atom is -0.496 e. The summed E-state index contributed by atoms with van der Waals surface area (Å²) in [5.41, 5.74) is 1.22. The molecule has 2 aliphatic heterocycles. The van der Waals surface area contributed by atoms with Crippen molar-refractivity contribution in [1.82, 2.24) is 15.2 Å². The first-order valence-electron chi connectivity index (χ1n) is 9.34. The molecule has 1 N–H and O–H groups in total. The molecular weight excluding hydrogens is 342 g/mol. The van der Waals surface area contributed by atoms with Gasteiger partial charge in [-0.25, -0.2) is 0 Å². The Hall–Kier alpha value is -2.89. The molecule has 1 aromatic carbocycles. The maximum Gasteiger partial charge on any atom is 0.258 e. The minimum absolute atomic E-state index is 0.0267. The minimum atomic E-state index is -0.0775. The highest BCUT2D eigenvalue weighted by Gasteiger charge is 2.44. The molecule has 2 aliphatic rings. The predicted octanol–water partition coefficient (Wildman–Crippen LogP) is 2.66. The van der Waals surface area contributed by atoms with Gasteiger partial charge < -0.3 is 15.0 Å². The van der Waals surface area contributed by atoms with Crippen molar-refractivity contribution in [3.63, 3.8) is 0 Å². The van der Waals surface area contributed by atoms with Crippen LogP contribution in [-0.4, -0.2) is 46.9 Å². The topological polar surface area (TPSA) is 71.5 Å². The highest BCUT2D eigenvalue weighted by molar-refractivity contribution is 5.97. The lowest BCUT2D eigenvalue weighted by Gasteiger charge is -2.39. The van der Waals surface area contributed by atoms with Crippen LogP contribution >= 0.6 is 0 Å². The summed E-state index contributed by atoms with van der Waals surface area (Å²) < 4.78 is 5.36. The number of pyridine rings is 1. The van der Waals surface area contributed by atoms with E-state index < -0.39 is 0 Å². The van der Waals surface area contributed by atoms with Gasteiger partial charge in [-0.15, -0.1) is 0 Å². The normalized spacial score (nSPS) is 23.7. The monoisotopic (exact) mass is 365 g/mol. The highest BCUT2D eigenvalue weighted by Crippen LogP contribution is 2.38. The number of rotatable bonds is 4. The van der Waals surface area contributed by atoms with Gasteiger partial charge in [-0.05, 0) is 49.9 Å². The largest absolute Gasteiger partial charge is 0.496 e. The van der Waals surface area contributed by atoms with Crippen LogP contribution in [0.3, 0.4) is 0 Å². The van der Waals surface area contributed by atoms with E-state index in [-0.39, 0.29) is 29.9 Å². The number of carbonyl (C=O) groups is 2. The number of nitrogens with one attached hydrogen (secondary N) is 1. The van der Waals surface area contributed by atoms with Crippen LogP contribution < -0.4 is 10.1 Å². The van der Waals surface area contributed by atoms with Gasteiger partial charge in [-0.2, -0.15) is 0 Å². The van der Waals surface area contributed by atoms with Crippen molar-refractivity contribution >= 4 is 11.8 Å². The van der Waals surface area contributed by atoms with E-state index in [1.54, 1.807) is 31.6 Å². The lowest BCUT2D eigenvalue weighted by Crippen LogP contribution is -2.52. The average molecular weight is 365 g/mol. The van der Waals surface area contributed by atoms with Gasteiger partial charge in [0.25, 0.3) is 11.8 Å². The van der Waals surface area contributed by atoms with E-state index in [9.17, 15) is 9.59 Å². The predicted molar refractivity (Wildman–Crippen MR) is 101 cm³/mol. The lowest BCUT2D eigenvalue weighted by atomic mass is 9.95. The van der Waals surface area contributed by atoms with Gasteiger partial charge in [0.2, 0.25) is 0 Å². The molecule has 2 saturated heterocycles. The Morgan fingerprint density at radius 1 is 1.07 bits per heavy atom. The number of hydrogen-bond donors (Lipinski definition) is 1. The van der Waals surface area contributed by atoms with Crippen LogP contribution in [0.5, 0.6) is 5.75 Å². The number of methoxy groups -OCH3 is 1. The molecule has 2 bridgehead atoms. The summed E-state index contributed by atoms with van der Waals surface area (Å²) in [6.45, 7) is 0. The SMILES string of the molecule is COc1ccccc1C(=O)N1C2CCC1CC(NC(=O)c1ccncc1)C2. The van der Waals surface area contributed by atoms with Gasteiger partial charge in [-0.3, -0.25) is 14.6 Å². The number of nitrogens with zero attached hydrogens (tertiary/aromatic N) is 2. The number of aromatic nitrogens is 1. The summed E-state index contributed by atoms with van der Waals surface area (Å²) >= 11 is 0. The maximum absolute atomic E-state index is 13.1. The van der Waals surface area contributed by atoms with E-state index >= 15 is 0 Å². The zero-order chi connectivity index (χ0) is 18.8. The van der Waals surface area contributed by atoms with Crippen molar-refractivity contribution in [2.75, 3.05) is 7.11 Å². The van der Waals surface area contributed by atoms with E-state index in [0.717, 1.165) is 25.7 Å². The number of benzene rings is 1. The third-order valence-electron chi connectivity index (χ3n) is 5.58. The maximum atomic E-state index is 13.1. The number of fused-ring (bicyclic) bond motifs is 2. The fourth-order valence-electron chi connectivity index (χ4n) is 4.36. The highest BCUT2D eigenvalue weighted by atomic mass is 16.5. The van der Waals surface area contributed by atoms with Crippen LogP contribution in [-0.2, 0) is 0 Å². The average Bonchev–Trinajstić information content (AvgIpc) is 2.98. The number of piperidine rings is 1.